The van der Waals surface area contributed by atoms with Gasteiger partial charge >= 0.3 is 6.01 Å². The second kappa shape index (κ2) is 4.65. The molecule has 2 N–H and O–H groups in total. The van der Waals surface area contributed by atoms with E-state index >= 15 is 0 Å². The largest absolute Gasteiger partial charge is 0.466 e. The van der Waals surface area contributed by atoms with E-state index in [1.165, 1.54) is 7.11 Å². The molecule has 3 heterocycles. The molecule has 3 rings (SSSR count). The molecule has 0 unspecified atom stereocenters. The minimum Gasteiger partial charge on any atom is -0.466 e. The summed E-state index contributed by atoms with van der Waals surface area (Å²) in [5, 5.41) is 8.86. The fourth-order valence-corrected chi connectivity index (χ4v) is 1.82. The molecular weight excluding hydrogens is 260 g/mol. The van der Waals surface area contributed by atoms with Gasteiger partial charge in [0, 0.05) is 11.9 Å². The van der Waals surface area contributed by atoms with Crippen molar-refractivity contribution in [2.24, 2.45) is 0 Å². The third-order valence-electron chi connectivity index (χ3n) is 2.81. The molecule has 0 aliphatic carbocycles. The van der Waals surface area contributed by atoms with Crippen LogP contribution in [-0.2, 0) is 0 Å². The number of nitrogens with one attached hydrogen (secondary N) is 2. The predicted molar refractivity (Wildman–Crippen MR) is 70.8 cm³/mol. The quantitative estimate of drug-likeness (QED) is 0.742. The molecule has 1 amide bonds. The number of imidazole rings is 1. The number of rotatable bonds is 3. The standard InChI is InChI=1S/C12H12N6O2/c1-7-4-3-5-9-13-8(6-18(7)9)10(19)14-11-15-12(20-2)17-16-11/h3-6H,1-2H3,(H2,14,15,16,17,19). The van der Waals surface area contributed by atoms with Crippen molar-refractivity contribution in [3.63, 3.8) is 0 Å². The Bertz CT molecular complexity index is 775. The minimum absolute atomic E-state index is 0.158. The van der Waals surface area contributed by atoms with Crippen LogP contribution in [0.15, 0.2) is 24.4 Å². The van der Waals surface area contributed by atoms with E-state index in [1.54, 1.807) is 6.20 Å². The molecule has 0 spiro atoms. The van der Waals surface area contributed by atoms with Crippen LogP contribution in [-0.4, -0.2) is 37.6 Å². The molecule has 0 saturated carbocycles. The van der Waals surface area contributed by atoms with Gasteiger partial charge < -0.3 is 9.14 Å². The summed E-state index contributed by atoms with van der Waals surface area (Å²) in [5.41, 5.74) is 2.01. The number of fused-ring (bicyclic) bond motifs is 1. The van der Waals surface area contributed by atoms with Crippen molar-refractivity contribution in [2.45, 2.75) is 6.92 Å². The van der Waals surface area contributed by atoms with Crippen molar-refractivity contribution in [1.82, 2.24) is 24.6 Å². The smallest absolute Gasteiger partial charge is 0.336 e. The van der Waals surface area contributed by atoms with Gasteiger partial charge in [-0.3, -0.25) is 10.1 Å². The van der Waals surface area contributed by atoms with Crippen molar-refractivity contribution >= 4 is 17.5 Å². The molecule has 0 aliphatic rings. The zero-order valence-corrected chi connectivity index (χ0v) is 10.9. The van der Waals surface area contributed by atoms with E-state index in [-0.39, 0.29) is 17.9 Å². The Labute approximate surface area is 113 Å². The number of hydrogen-bond donors (Lipinski definition) is 2. The summed E-state index contributed by atoms with van der Waals surface area (Å²) in [6.07, 6.45) is 1.67. The molecule has 8 heteroatoms. The molecule has 0 saturated heterocycles. The number of nitrogens with zero attached hydrogens (tertiary/aromatic N) is 4. The van der Waals surface area contributed by atoms with Crippen LogP contribution >= 0.6 is 0 Å². The predicted octanol–water partition coefficient (Wildman–Crippen LogP) is 1.02. The zero-order chi connectivity index (χ0) is 14.1. The van der Waals surface area contributed by atoms with Crippen LogP contribution in [0.3, 0.4) is 0 Å². The van der Waals surface area contributed by atoms with E-state index in [0.717, 1.165) is 5.69 Å². The highest BCUT2D eigenvalue weighted by atomic mass is 16.5. The topological polar surface area (TPSA) is 97.2 Å². The number of methoxy groups -OCH3 is 1. The maximum absolute atomic E-state index is 12.1. The van der Waals surface area contributed by atoms with E-state index in [9.17, 15) is 4.79 Å². The van der Waals surface area contributed by atoms with Crippen molar-refractivity contribution in [3.05, 3.63) is 35.8 Å². The zero-order valence-electron chi connectivity index (χ0n) is 10.9. The van der Waals surface area contributed by atoms with Crippen LogP contribution in [0.4, 0.5) is 5.95 Å². The number of carbonyl (C=O) groups is 1. The van der Waals surface area contributed by atoms with Crippen molar-refractivity contribution < 1.29 is 9.53 Å². The number of carbonyl (C=O) groups excluding carboxylic acids is 1. The summed E-state index contributed by atoms with van der Waals surface area (Å²) in [6, 6.07) is 5.82. The van der Waals surface area contributed by atoms with Gasteiger partial charge in [-0.2, -0.15) is 4.98 Å². The molecule has 0 atom stereocenters. The van der Waals surface area contributed by atoms with Crippen molar-refractivity contribution in [1.29, 1.82) is 0 Å². The third kappa shape index (κ3) is 2.07. The lowest BCUT2D eigenvalue weighted by atomic mass is 10.4. The van der Waals surface area contributed by atoms with Crippen LogP contribution < -0.4 is 10.1 Å². The average molecular weight is 272 g/mol. The number of hydrogen-bond acceptors (Lipinski definition) is 5. The number of aromatic nitrogens is 5. The molecule has 0 aliphatic heterocycles. The Kier molecular flexibility index (Phi) is 2.82. The van der Waals surface area contributed by atoms with Crippen LogP contribution in [0.5, 0.6) is 6.01 Å². The van der Waals surface area contributed by atoms with Gasteiger partial charge in [0.2, 0.25) is 5.95 Å². The van der Waals surface area contributed by atoms with Gasteiger partial charge in [0.1, 0.15) is 11.3 Å². The molecule has 0 aromatic carbocycles. The molecule has 3 aromatic heterocycles. The molecule has 102 valence electrons. The van der Waals surface area contributed by atoms with Crippen molar-refractivity contribution in [2.75, 3.05) is 12.4 Å². The molecular formula is C12H12N6O2. The third-order valence-corrected chi connectivity index (χ3v) is 2.81. The number of amides is 1. The maximum atomic E-state index is 12.1. The second-order valence-corrected chi connectivity index (χ2v) is 4.15. The summed E-state index contributed by atoms with van der Waals surface area (Å²) in [6.45, 7) is 1.94. The van der Waals surface area contributed by atoms with E-state index in [1.807, 2.05) is 29.5 Å². The van der Waals surface area contributed by atoms with Crippen LogP contribution in [0.25, 0.3) is 5.65 Å². The number of anilines is 1. The summed E-state index contributed by atoms with van der Waals surface area (Å²) in [5.74, 6) is -0.160. The SMILES string of the molecule is COc1n[nH]c(NC(=O)c2cn3c(C)cccc3n2)n1. The highest BCUT2D eigenvalue weighted by Gasteiger charge is 2.13. The lowest BCUT2D eigenvalue weighted by Gasteiger charge is -1.96. The van der Waals surface area contributed by atoms with Crippen molar-refractivity contribution in [3.8, 4) is 6.01 Å². The van der Waals surface area contributed by atoms with Gasteiger partial charge in [-0.05, 0) is 19.1 Å². The normalized spacial score (nSPS) is 10.7. The van der Waals surface area contributed by atoms with Gasteiger partial charge in [0.15, 0.2) is 0 Å². The number of aryl methyl sites for hydroxylation is 1. The first kappa shape index (κ1) is 12.2. The molecule has 0 bridgehead atoms. The molecule has 20 heavy (non-hydrogen) atoms. The Morgan fingerprint density at radius 2 is 2.25 bits per heavy atom. The Balaban J connectivity index is 1.86. The maximum Gasteiger partial charge on any atom is 0.336 e. The van der Waals surface area contributed by atoms with Gasteiger partial charge in [0.25, 0.3) is 5.91 Å². The van der Waals surface area contributed by atoms with Gasteiger partial charge in [0.05, 0.1) is 7.11 Å². The fourth-order valence-electron chi connectivity index (χ4n) is 1.82. The summed E-state index contributed by atoms with van der Waals surface area (Å²) >= 11 is 0. The Hall–Kier alpha value is -2.90. The summed E-state index contributed by atoms with van der Waals surface area (Å²) in [4.78, 5) is 20.2. The molecule has 0 fully saturated rings. The van der Waals surface area contributed by atoms with E-state index < -0.39 is 0 Å². The number of aromatic amines is 1. The van der Waals surface area contributed by atoms with Crippen LogP contribution in [0, 0.1) is 6.92 Å². The molecule has 3 aromatic rings. The first-order valence-corrected chi connectivity index (χ1v) is 5.90. The highest BCUT2D eigenvalue weighted by Crippen LogP contribution is 2.10. The monoisotopic (exact) mass is 272 g/mol. The summed E-state index contributed by atoms with van der Waals surface area (Å²) < 4.78 is 6.66. The van der Waals surface area contributed by atoms with Crippen LogP contribution in [0.1, 0.15) is 16.2 Å². The number of H-pyrrole nitrogens is 1. The van der Waals surface area contributed by atoms with E-state index in [0.29, 0.717) is 11.3 Å². The van der Waals surface area contributed by atoms with E-state index in [4.69, 9.17) is 4.74 Å². The van der Waals surface area contributed by atoms with Crippen LogP contribution in [0.2, 0.25) is 0 Å². The first-order chi connectivity index (χ1) is 9.67. The second-order valence-electron chi connectivity index (χ2n) is 4.15. The van der Waals surface area contributed by atoms with Gasteiger partial charge in [-0.15, -0.1) is 5.10 Å². The van der Waals surface area contributed by atoms with Gasteiger partial charge in [-0.25, -0.2) is 10.1 Å². The average Bonchev–Trinajstić information content (AvgIpc) is 3.05. The minimum atomic E-state index is -0.369. The lowest BCUT2D eigenvalue weighted by Crippen LogP contribution is -2.13. The highest BCUT2D eigenvalue weighted by molar-refractivity contribution is 6.02. The first-order valence-electron chi connectivity index (χ1n) is 5.90. The lowest BCUT2D eigenvalue weighted by molar-refractivity contribution is 0.102. The Morgan fingerprint density at radius 3 is 2.95 bits per heavy atom. The van der Waals surface area contributed by atoms with E-state index in [2.05, 4.69) is 25.5 Å². The van der Waals surface area contributed by atoms with Gasteiger partial charge in [-0.1, -0.05) is 6.07 Å². The number of pyridine rings is 1. The molecule has 8 nitrogen and oxygen atoms in total. The number of ether oxygens (including phenoxy) is 1. The Morgan fingerprint density at radius 1 is 1.40 bits per heavy atom. The summed E-state index contributed by atoms with van der Waals surface area (Å²) in [7, 11) is 1.44. The fraction of sp³-hybridized carbons (Fsp3) is 0.167. The molecule has 0 radical (unpaired) electrons.